The van der Waals surface area contributed by atoms with Crippen LogP contribution in [-0.2, 0) is 0 Å². The van der Waals surface area contributed by atoms with Gasteiger partial charge in [-0.05, 0) is 79.6 Å². The van der Waals surface area contributed by atoms with Crippen LogP contribution in [0.25, 0.3) is 0 Å². The molecule has 0 amide bonds. The van der Waals surface area contributed by atoms with Crippen LogP contribution >= 0.6 is 0 Å². The standard InChI is InChI=1S/C21H39N/c1-4-16-7-5-6-8-17(13-16)20-10-9-19(15(2)3)21(20)14-18(21)11-12-22/h15-20H,4-14,22H2,1-3H3. The van der Waals surface area contributed by atoms with E-state index in [0.29, 0.717) is 0 Å². The molecule has 1 nitrogen and oxygen atoms in total. The van der Waals surface area contributed by atoms with Crippen molar-refractivity contribution in [2.75, 3.05) is 6.54 Å². The molecule has 0 saturated heterocycles. The summed E-state index contributed by atoms with van der Waals surface area (Å²) in [7, 11) is 0. The molecule has 0 aliphatic heterocycles. The van der Waals surface area contributed by atoms with Gasteiger partial charge in [0.25, 0.3) is 0 Å². The summed E-state index contributed by atoms with van der Waals surface area (Å²) in [6.45, 7) is 8.29. The second kappa shape index (κ2) is 6.83. The van der Waals surface area contributed by atoms with Gasteiger partial charge in [-0.3, -0.25) is 0 Å². The van der Waals surface area contributed by atoms with Gasteiger partial charge >= 0.3 is 0 Å². The van der Waals surface area contributed by atoms with E-state index in [1.165, 1.54) is 57.8 Å². The average Bonchev–Trinajstić information content (AvgIpc) is 3.12. The van der Waals surface area contributed by atoms with E-state index in [0.717, 1.165) is 47.5 Å². The van der Waals surface area contributed by atoms with Crippen molar-refractivity contribution in [2.24, 2.45) is 46.7 Å². The minimum atomic E-state index is 0.723. The van der Waals surface area contributed by atoms with Crippen molar-refractivity contribution in [1.29, 1.82) is 0 Å². The van der Waals surface area contributed by atoms with Gasteiger partial charge in [-0.25, -0.2) is 0 Å². The van der Waals surface area contributed by atoms with Crippen molar-refractivity contribution in [2.45, 2.75) is 85.0 Å². The summed E-state index contributed by atoms with van der Waals surface area (Å²) in [5, 5.41) is 0. The zero-order valence-electron chi connectivity index (χ0n) is 15.3. The molecule has 6 atom stereocenters. The van der Waals surface area contributed by atoms with Gasteiger partial charge in [-0.15, -0.1) is 0 Å². The molecule has 2 N–H and O–H groups in total. The third kappa shape index (κ3) is 2.87. The van der Waals surface area contributed by atoms with E-state index in [2.05, 4.69) is 20.8 Å². The average molecular weight is 306 g/mol. The second-order valence-corrected chi connectivity index (χ2v) is 9.18. The molecule has 3 aliphatic rings. The number of rotatable bonds is 5. The van der Waals surface area contributed by atoms with Crippen molar-refractivity contribution in [1.82, 2.24) is 0 Å². The van der Waals surface area contributed by atoms with Crippen LogP contribution in [0.4, 0.5) is 0 Å². The predicted molar refractivity (Wildman–Crippen MR) is 95.6 cm³/mol. The summed E-state index contributed by atoms with van der Waals surface area (Å²) in [6, 6.07) is 0. The molecule has 3 fully saturated rings. The second-order valence-electron chi connectivity index (χ2n) is 9.18. The highest BCUT2D eigenvalue weighted by Gasteiger charge is 2.66. The lowest BCUT2D eigenvalue weighted by molar-refractivity contribution is 0.134. The van der Waals surface area contributed by atoms with Gasteiger partial charge in [-0.2, -0.15) is 0 Å². The van der Waals surface area contributed by atoms with Crippen molar-refractivity contribution in [3.63, 3.8) is 0 Å². The van der Waals surface area contributed by atoms with Crippen LogP contribution in [0.5, 0.6) is 0 Å². The Morgan fingerprint density at radius 3 is 2.55 bits per heavy atom. The van der Waals surface area contributed by atoms with Gasteiger partial charge < -0.3 is 5.73 Å². The topological polar surface area (TPSA) is 26.0 Å². The van der Waals surface area contributed by atoms with E-state index in [1.54, 1.807) is 6.42 Å². The molecule has 0 aromatic rings. The Kier molecular flexibility index (Phi) is 5.22. The Bertz CT molecular complexity index is 363. The predicted octanol–water partition coefficient (Wildman–Crippen LogP) is 5.63. The van der Waals surface area contributed by atoms with Gasteiger partial charge in [0, 0.05) is 0 Å². The molecule has 128 valence electrons. The smallest absolute Gasteiger partial charge is 0.00744 e. The van der Waals surface area contributed by atoms with E-state index < -0.39 is 0 Å². The SMILES string of the molecule is CCC1CCCCC(C2CCC(C(C)C)C23CC3CCN)C1. The maximum Gasteiger partial charge on any atom is -0.00744 e. The lowest BCUT2D eigenvalue weighted by Crippen LogP contribution is -2.29. The summed E-state index contributed by atoms with van der Waals surface area (Å²) in [4.78, 5) is 0. The molecule has 1 heteroatoms. The van der Waals surface area contributed by atoms with Crippen LogP contribution in [0.15, 0.2) is 0 Å². The number of hydrogen-bond donors (Lipinski definition) is 1. The van der Waals surface area contributed by atoms with E-state index in [-0.39, 0.29) is 0 Å². The third-order valence-electron chi connectivity index (χ3n) is 7.91. The van der Waals surface area contributed by atoms with Crippen molar-refractivity contribution >= 4 is 0 Å². The lowest BCUT2D eigenvalue weighted by atomic mass is 9.70. The van der Waals surface area contributed by atoms with Gasteiger partial charge in [0.05, 0.1) is 0 Å². The molecule has 22 heavy (non-hydrogen) atoms. The molecule has 0 aromatic heterocycles. The first-order valence-corrected chi connectivity index (χ1v) is 10.3. The highest BCUT2D eigenvalue weighted by atomic mass is 14.7. The Labute approximate surface area is 138 Å². The molecule has 3 aliphatic carbocycles. The summed E-state index contributed by atoms with van der Waals surface area (Å²) < 4.78 is 0. The highest BCUT2D eigenvalue weighted by molar-refractivity contribution is 5.14. The van der Waals surface area contributed by atoms with E-state index >= 15 is 0 Å². The lowest BCUT2D eigenvalue weighted by Gasteiger charge is -2.35. The Hall–Kier alpha value is -0.0400. The summed E-state index contributed by atoms with van der Waals surface area (Å²) in [5.41, 5.74) is 6.66. The zero-order valence-corrected chi connectivity index (χ0v) is 15.3. The molecular weight excluding hydrogens is 266 g/mol. The summed E-state index contributed by atoms with van der Waals surface area (Å²) in [5.74, 6) is 5.95. The first kappa shape index (κ1) is 16.8. The Balaban J connectivity index is 1.77. The van der Waals surface area contributed by atoms with Gasteiger partial charge in [-0.1, -0.05) is 52.9 Å². The fourth-order valence-corrected chi connectivity index (χ4v) is 6.89. The van der Waals surface area contributed by atoms with Gasteiger partial charge in [0.2, 0.25) is 0 Å². The van der Waals surface area contributed by atoms with Gasteiger partial charge in [0.15, 0.2) is 0 Å². The molecule has 1 spiro atoms. The Morgan fingerprint density at radius 1 is 1.09 bits per heavy atom. The molecule has 0 bridgehead atoms. The molecule has 0 aromatic carbocycles. The maximum atomic E-state index is 5.93. The van der Waals surface area contributed by atoms with Crippen LogP contribution < -0.4 is 5.73 Å². The first-order chi connectivity index (χ1) is 10.6. The highest BCUT2D eigenvalue weighted by Crippen LogP contribution is 2.73. The van der Waals surface area contributed by atoms with Crippen LogP contribution in [0.2, 0.25) is 0 Å². The Morgan fingerprint density at radius 2 is 1.86 bits per heavy atom. The number of hydrogen-bond acceptors (Lipinski definition) is 1. The molecular formula is C21H39N. The van der Waals surface area contributed by atoms with Crippen molar-refractivity contribution in [3.05, 3.63) is 0 Å². The third-order valence-corrected chi connectivity index (χ3v) is 7.91. The normalized spacial score (nSPS) is 45.4. The van der Waals surface area contributed by atoms with Crippen LogP contribution in [-0.4, -0.2) is 6.54 Å². The van der Waals surface area contributed by atoms with E-state index in [9.17, 15) is 0 Å². The molecule has 3 rings (SSSR count). The van der Waals surface area contributed by atoms with Crippen molar-refractivity contribution in [3.8, 4) is 0 Å². The molecule has 6 unspecified atom stereocenters. The fraction of sp³-hybridized carbons (Fsp3) is 1.00. The zero-order chi connectivity index (χ0) is 15.7. The summed E-state index contributed by atoms with van der Waals surface area (Å²) >= 11 is 0. The van der Waals surface area contributed by atoms with Crippen LogP contribution in [0, 0.1) is 40.9 Å². The minimum absolute atomic E-state index is 0.723. The van der Waals surface area contributed by atoms with Crippen LogP contribution in [0.1, 0.15) is 85.0 Å². The molecule has 0 heterocycles. The first-order valence-electron chi connectivity index (χ1n) is 10.3. The van der Waals surface area contributed by atoms with Gasteiger partial charge in [0.1, 0.15) is 0 Å². The number of nitrogens with two attached hydrogens (primary N) is 1. The van der Waals surface area contributed by atoms with Crippen LogP contribution in [0.3, 0.4) is 0 Å². The fourth-order valence-electron chi connectivity index (χ4n) is 6.89. The van der Waals surface area contributed by atoms with Crippen molar-refractivity contribution < 1.29 is 0 Å². The monoisotopic (exact) mass is 305 g/mol. The quantitative estimate of drug-likeness (QED) is 0.654. The largest absolute Gasteiger partial charge is 0.330 e. The van der Waals surface area contributed by atoms with E-state index in [1.807, 2.05) is 0 Å². The molecule has 0 radical (unpaired) electrons. The van der Waals surface area contributed by atoms with E-state index in [4.69, 9.17) is 5.73 Å². The summed E-state index contributed by atoms with van der Waals surface area (Å²) in [6.07, 6.45) is 14.8. The molecule has 3 saturated carbocycles. The maximum absolute atomic E-state index is 5.93. The minimum Gasteiger partial charge on any atom is -0.330 e.